The van der Waals surface area contributed by atoms with Gasteiger partial charge in [-0.05, 0) is 42.7 Å². The van der Waals surface area contributed by atoms with Crippen molar-refractivity contribution >= 4 is 39.8 Å². The number of nitrogens with zero attached hydrogens (tertiary/aromatic N) is 5. The number of aromatic nitrogens is 4. The Morgan fingerprint density at radius 2 is 1.97 bits per heavy atom. The van der Waals surface area contributed by atoms with Crippen LogP contribution in [0.1, 0.15) is 32.0 Å². The van der Waals surface area contributed by atoms with E-state index in [0.29, 0.717) is 39.9 Å². The van der Waals surface area contributed by atoms with Crippen molar-refractivity contribution in [1.82, 2.24) is 19.7 Å². The maximum absolute atomic E-state index is 14.4. The number of hydrogen-bond donors (Lipinski definition) is 0. The van der Waals surface area contributed by atoms with E-state index in [-0.39, 0.29) is 11.7 Å². The van der Waals surface area contributed by atoms with Gasteiger partial charge in [0.05, 0.1) is 16.9 Å². The van der Waals surface area contributed by atoms with Crippen molar-refractivity contribution in [2.75, 3.05) is 4.90 Å². The lowest BCUT2D eigenvalue weighted by Gasteiger charge is -2.18. The van der Waals surface area contributed by atoms with Crippen molar-refractivity contribution in [3.63, 3.8) is 0 Å². The third-order valence-electron chi connectivity index (χ3n) is 5.03. The van der Waals surface area contributed by atoms with Gasteiger partial charge in [0.2, 0.25) is 5.91 Å². The molecular weight excluding hydrogens is 469 g/mol. The normalized spacial score (nSPS) is 11.2. The van der Waals surface area contributed by atoms with E-state index < -0.39 is 0 Å². The SMILES string of the molecule is CC(=O)N(c1cccc(C)c1)c1nc(CSc2nnc(-c3ccccc3F)n2CC(C)C)cs1. The van der Waals surface area contributed by atoms with Gasteiger partial charge in [0.1, 0.15) is 5.82 Å². The number of thiazole rings is 1. The lowest BCUT2D eigenvalue weighted by Crippen LogP contribution is -2.22. The molecule has 176 valence electrons. The number of aryl methyl sites for hydroxylation is 1. The van der Waals surface area contributed by atoms with Crippen LogP contribution in [0.2, 0.25) is 0 Å². The van der Waals surface area contributed by atoms with Crippen LogP contribution in [-0.2, 0) is 17.1 Å². The van der Waals surface area contributed by atoms with Gasteiger partial charge in [-0.15, -0.1) is 21.5 Å². The molecule has 0 bridgehead atoms. The summed E-state index contributed by atoms with van der Waals surface area (Å²) in [6, 6.07) is 14.4. The van der Waals surface area contributed by atoms with Gasteiger partial charge in [0.15, 0.2) is 16.1 Å². The highest BCUT2D eigenvalue weighted by molar-refractivity contribution is 7.98. The van der Waals surface area contributed by atoms with Crippen LogP contribution in [0.5, 0.6) is 0 Å². The van der Waals surface area contributed by atoms with Gasteiger partial charge in [0, 0.05) is 24.6 Å². The predicted molar refractivity (Wildman–Crippen MR) is 136 cm³/mol. The summed E-state index contributed by atoms with van der Waals surface area (Å²) in [6.07, 6.45) is 0. The number of anilines is 2. The Kier molecular flexibility index (Phi) is 7.43. The molecule has 0 fully saturated rings. The molecular formula is C25H26FN5OS2. The van der Waals surface area contributed by atoms with Crippen LogP contribution in [0.15, 0.2) is 59.1 Å². The van der Waals surface area contributed by atoms with Gasteiger partial charge < -0.3 is 4.57 Å². The molecule has 0 unspecified atom stereocenters. The minimum atomic E-state index is -0.318. The van der Waals surface area contributed by atoms with Crippen molar-refractivity contribution in [1.29, 1.82) is 0 Å². The molecule has 0 N–H and O–H groups in total. The Morgan fingerprint density at radius 1 is 1.18 bits per heavy atom. The summed E-state index contributed by atoms with van der Waals surface area (Å²) < 4.78 is 16.4. The van der Waals surface area contributed by atoms with Crippen LogP contribution >= 0.6 is 23.1 Å². The zero-order valence-electron chi connectivity index (χ0n) is 19.5. The average molecular weight is 496 g/mol. The number of rotatable bonds is 8. The smallest absolute Gasteiger partial charge is 0.230 e. The molecule has 0 aliphatic heterocycles. The van der Waals surface area contributed by atoms with Crippen molar-refractivity contribution in [3.8, 4) is 11.4 Å². The van der Waals surface area contributed by atoms with Crippen molar-refractivity contribution in [2.24, 2.45) is 5.92 Å². The summed E-state index contributed by atoms with van der Waals surface area (Å²) in [5.74, 6) is 1.01. The zero-order valence-corrected chi connectivity index (χ0v) is 21.2. The Morgan fingerprint density at radius 3 is 2.68 bits per heavy atom. The molecule has 0 aliphatic rings. The Labute approximate surface area is 206 Å². The van der Waals surface area contributed by atoms with E-state index in [9.17, 15) is 9.18 Å². The van der Waals surface area contributed by atoms with Crippen LogP contribution < -0.4 is 4.90 Å². The molecule has 2 aromatic heterocycles. The summed E-state index contributed by atoms with van der Waals surface area (Å²) in [5, 5.41) is 11.9. The second kappa shape index (κ2) is 10.5. The quantitative estimate of drug-likeness (QED) is 0.262. The number of carbonyl (C=O) groups excluding carboxylic acids is 1. The first kappa shape index (κ1) is 24.1. The first-order valence-corrected chi connectivity index (χ1v) is 12.8. The molecule has 0 saturated heterocycles. The maximum Gasteiger partial charge on any atom is 0.230 e. The molecule has 0 saturated carbocycles. The van der Waals surface area contributed by atoms with E-state index in [1.165, 1.54) is 36.1 Å². The van der Waals surface area contributed by atoms with E-state index in [1.807, 2.05) is 41.1 Å². The minimum absolute atomic E-state index is 0.0923. The van der Waals surface area contributed by atoms with Crippen molar-refractivity contribution in [2.45, 2.75) is 45.1 Å². The summed E-state index contributed by atoms with van der Waals surface area (Å²) in [5.41, 5.74) is 3.16. The largest absolute Gasteiger partial charge is 0.302 e. The third-order valence-corrected chi connectivity index (χ3v) is 6.91. The van der Waals surface area contributed by atoms with Gasteiger partial charge in [-0.2, -0.15) is 0 Å². The highest BCUT2D eigenvalue weighted by Gasteiger charge is 2.20. The second-order valence-corrected chi connectivity index (χ2v) is 10.2. The van der Waals surface area contributed by atoms with Crippen molar-refractivity contribution < 1.29 is 9.18 Å². The molecule has 4 aromatic rings. The second-order valence-electron chi connectivity index (χ2n) is 8.39. The van der Waals surface area contributed by atoms with E-state index in [1.54, 1.807) is 23.1 Å². The lowest BCUT2D eigenvalue weighted by molar-refractivity contribution is -0.115. The highest BCUT2D eigenvalue weighted by Crippen LogP contribution is 2.33. The average Bonchev–Trinajstić information content (AvgIpc) is 3.39. The molecule has 34 heavy (non-hydrogen) atoms. The summed E-state index contributed by atoms with van der Waals surface area (Å²) in [7, 11) is 0. The first-order valence-electron chi connectivity index (χ1n) is 11.0. The molecule has 0 radical (unpaired) electrons. The summed E-state index contributed by atoms with van der Waals surface area (Å²) in [6.45, 7) is 8.42. The topological polar surface area (TPSA) is 63.9 Å². The van der Waals surface area contributed by atoms with Crippen LogP contribution in [0.25, 0.3) is 11.4 Å². The van der Waals surface area contributed by atoms with E-state index in [4.69, 9.17) is 4.98 Å². The van der Waals surface area contributed by atoms with E-state index in [2.05, 4.69) is 24.0 Å². The molecule has 6 nitrogen and oxygen atoms in total. The fraction of sp³-hybridized carbons (Fsp3) is 0.280. The number of carbonyl (C=O) groups is 1. The summed E-state index contributed by atoms with van der Waals surface area (Å²) >= 11 is 2.93. The van der Waals surface area contributed by atoms with E-state index in [0.717, 1.165) is 16.9 Å². The van der Waals surface area contributed by atoms with Crippen molar-refractivity contribution in [3.05, 3.63) is 71.0 Å². The molecule has 4 rings (SSSR count). The monoisotopic (exact) mass is 495 g/mol. The Bertz CT molecular complexity index is 1300. The maximum atomic E-state index is 14.4. The number of thioether (sulfide) groups is 1. The predicted octanol–water partition coefficient (Wildman–Crippen LogP) is 6.48. The molecule has 9 heteroatoms. The fourth-order valence-corrected chi connectivity index (χ4v) is 5.40. The van der Waals surface area contributed by atoms with Gasteiger partial charge in [-0.25, -0.2) is 9.37 Å². The Balaban J connectivity index is 1.57. The van der Waals surface area contributed by atoms with Gasteiger partial charge >= 0.3 is 0 Å². The lowest BCUT2D eigenvalue weighted by atomic mass is 10.2. The molecule has 1 amide bonds. The van der Waals surface area contributed by atoms with Gasteiger partial charge in [-0.1, -0.05) is 49.9 Å². The van der Waals surface area contributed by atoms with Crippen LogP contribution in [0, 0.1) is 18.7 Å². The molecule has 2 heterocycles. The zero-order chi connectivity index (χ0) is 24.2. The third kappa shape index (κ3) is 5.37. The standard InChI is InChI=1S/C25H26FN5OS2/c1-16(2)13-30-23(21-10-5-6-11-22(21)26)28-29-25(30)34-15-19-14-33-24(27-19)31(18(4)32)20-9-7-8-17(3)12-20/h5-12,14,16H,13,15H2,1-4H3. The molecule has 0 spiro atoms. The number of halogens is 1. The molecule has 2 aromatic carbocycles. The fourth-order valence-electron chi connectivity index (χ4n) is 3.56. The van der Waals surface area contributed by atoms with Crippen LogP contribution in [0.3, 0.4) is 0 Å². The van der Waals surface area contributed by atoms with E-state index >= 15 is 0 Å². The van der Waals surface area contributed by atoms with Crippen LogP contribution in [0.4, 0.5) is 15.2 Å². The summed E-state index contributed by atoms with van der Waals surface area (Å²) in [4.78, 5) is 18.7. The highest BCUT2D eigenvalue weighted by atomic mass is 32.2. The van der Waals surface area contributed by atoms with Gasteiger partial charge in [0.25, 0.3) is 0 Å². The number of benzene rings is 2. The molecule has 0 aliphatic carbocycles. The first-order chi connectivity index (χ1) is 16.3. The minimum Gasteiger partial charge on any atom is -0.302 e. The number of amides is 1. The van der Waals surface area contributed by atoms with Gasteiger partial charge in [-0.3, -0.25) is 9.69 Å². The number of hydrogen-bond acceptors (Lipinski definition) is 6. The Hall–Kier alpha value is -3.04. The molecule has 0 atom stereocenters. The van der Waals surface area contributed by atoms with Crippen LogP contribution in [-0.4, -0.2) is 25.7 Å².